The van der Waals surface area contributed by atoms with E-state index in [2.05, 4.69) is 20.8 Å². The first-order valence-corrected chi connectivity index (χ1v) is 8.27. The van der Waals surface area contributed by atoms with Gasteiger partial charge < -0.3 is 5.32 Å². The van der Waals surface area contributed by atoms with Crippen LogP contribution in [0.4, 0.5) is 14.5 Å². The van der Waals surface area contributed by atoms with E-state index < -0.39 is 17.5 Å². The van der Waals surface area contributed by atoms with Gasteiger partial charge in [0.15, 0.2) is 0 Å². The molecule has 1 heterocycles. The zero-order valence-electron chi connectivity index (χ0n) is 12.2. The molecule has 1 fully saturated rings. The number of hydrogen-bond acceptors (Lipinski definition) is 5. The molecule has 1 aromatic carbocycles. The highest BCUT2D eigenvalue weighted by Crippen LogP contribution is 2.31. The minimum Gasteiger partial charge on any atom is -0.323 e. The SMILES string of the molecule is O=C(CSc1nnnn1C1CCCC1)Nc1cc(F)ccc1F. The predicted octanol–water partition coefficient (Wildman–Crippen LogP) is 2.80. The van der Waals surface area contributed by atoms with Crippen LogP contribution in [0.15, 0.2) is 23.4 Å². The van der Waals surface area contributed by atoms with Crippen molar-refractivity contribution in [2.24, 2.45) is 0 Å². The first kappa shape index (κ1) is 15.9. The van der Waals surface area contributed by atoms with Crippen molar-refractivity contribution in [2.75, 3.05) is 11.1 Å². The number of benzene rings is 1. The topological polar surface area (TPSA) is 72.7 Å². The van der Waals surface area contributed by atoms with Crippen LogP contribution in [-0.4, -0.2) is 31.9 Å². The Kier molecular flexibility index (Phi) is 4.85. The summed E-state index contributed by atoms with van der Waals surface area (Å²) in [6.07, 6.45) is 4.35. The third kappa shape index (κ3) is 3.84. The Morgan fingerprint density at radius 3 is 2.91 bits per heavy atom. The number of amides is 1. The average molecular weight is 339 g/mol. The van der Waals surface area contributed by atoms with Gasteiger partial charge in [0.2, 0.25) is 11.1 Å². The van der Waals surface area contributed by atoms with E-state index in [1.165, 1.54) is 11.8 Å². The Balaban J connectivity index is 1.59. The van der Waals surface area contributed by atoms with Crippen LogP contribution in [0.25, 0.3) is 0 Å². The van der Waals surface area contributed by atoms with E-state index in [1.807, 2.05) is 0 Å². The van der Waals surface area contributed by atoms with Gasteiger partial charge in [0.1, 0.15) is 11.6 Å². The Bertz CT molecular complexity index is 702. The molecule has 0 radical (unpaired) electrons. The van der Waals surface area contributed by atoms with Gasteiger partial charge in [-0.1, -0.05) is 24.6 Å². The summed E-state index contributed by atoms with van der Waals surface area (Å²) in [5.74, 6) is -1.72. The highest BCUT2D eigenvalue weighted by atomic mass is 32.2. The van der Waals surface area contributed by atoms with Crippen molar-refractivity contribution in [3.8, 4) is 0 Å². The van der Waals surface area contributed by atoms with Gasteiger partial charge >= 0.3 is 0 Å². The third-order valence-electron chi connectivity index (χ3n) is 3.67. The Labute approximate surface area is 135 Å². The van der Waals surface area contributed by atoms with Gasteiger partial charge in [-0.05, 0) is 35.4 Å². The summed E-state index contributed by atoms with van der Waals surface area (Å²) in [6, 6.07) is 3.19. The van der Waals surface area contributed by atoms with Crippen molar-refractivity contribution in [2.45, 2.75) is 36.9 Å². The molecule has 9 heteroatoms. The quantitative estimate of drug-likeness (QED) is 0.848. The smallest absolute Gasteiger partial charge is 0.234 e. The number of carbonyl (C=O) groups excluding carboxylic acids is 1. The Morgan fingerprint density at radius 2 is 2.13 bits per heavy atom. The van der Waals surface area contributed by atoms with Crippen molar-refractivity contribution in [1.29, 1.82) is 0 Å². The number of nitrogens with one attached hydrogen (secondary N) is 1. The minimum absolute atomic E-state index is 0.0169. The molecule has 1 aromatic heterocycles. The summed E-state index contributed by atoms with van der Waals surface area (Å²) < 4.78 is 28.3. The summed E-state index contributed by atoms with van der Waals surface area (Å²) in [6.45, 7) is 0. The van der Waals surface area contributed by atoms with Crippen molar-refractivity contribution < 1.29 is 13.6 Å². The van der Waals surface area contributed by atoms with Gasteiger partial charge in [0.25, 0.3) is 0 Å². The maximum absolute atomic E-state index is 13.5. The second kappa shape index (κ2) is 7.03. The zero-order valence-corrected chi connectivity index (χ0v) is 13.0. The van der Waals surface area contributed by atoms with E-state index in [9.17, 15) is 13.6 Å². The standard InChI is InChI=1S/C14H15F2N5OS/c15-9-5-6-11(16)12(7-9)17-13(22)8-23-14-18-19-20-21(14)10-3-1-2-4-10/h5-7,10H,1-4,8H2,(H,17,22). The molecule has 0 atom stereocenters. The lowest BCUT2D eigenvalue weighted by molar-refractivity contribution is -0.113. The van der Waals surface area contributed by atoms with Gasteiger partial charge in [-0.3, -0.25) is 4.79 Å². The fourth-order valence-electron chi connectivity index (χ4n) is 2.57. The lowest BCUT2D eigenvalue weighted by atomic mass is 10.3. The number of nitrogens with zero attached hydrogens (tertiary/aromatic N) is 4. The molecule has 0 bridgehead atoms. The number of anilines is 1. The van der Waals surface area contributed by atoms with E-state index in [0.29, 0.717) is 5.16 Å². The Hall–Kier alpha value is -2.03. The summed E-state index contributed by atoms with van der Waals surface area (Å²) in [5.41, 5.74) is -0.175. The van der Waals surface area contributed by atoms with Crippen LogP contribution in [0.2, 0.25) is 0 Å². The first-order valence-electron chi connectivity index (χ1n) is 7.29. The van der Waals surface area contributed by atoms with Crippen LogP contribution in [0.1, 0.15) is 31.7 Å². The highest BCUT2D eigenvalue weighted by molar-refractivity contribution is 7.99. The predicted molar refractivity (Wildman–Crippen MR) is 81.0 cm³/mol. The Morgan fingerprint density at radius 1 is 1.35 bits per heavy atom. The molecule has 0 saturated heterocycles. The van der Waals surface area contributed by atoms with Gasteiger partial charge in [-0.2, -0.15) is 0 Å². The van der Waals surface area contributed by atoms with Gasteiger partial charge in [0.05, 0.1) is 17.5 Å². The van der Waals surface area contributed by atoms with E-state index in [4.69, 9.17) is 0 Å². The largest absolute Gasteiger partial charge is 0.323 e. The lowest BCUT2D eigenvalue weighted by Gasteiger charge is -2.10. The lowest BCUT2D eigenvalue weighted by Crippen LogP contribution is -2.16. The first-order chi connectivity index (χ1) is 11.1. The molecule has 1 aliphatic rings. The normalized spacial score (nSPS) is 15.0. The van der Waals surface area contributed by atoms with Crippen LogP contribution < -0.4 is 5.32 Å². The highest BCUT2D eigenvalue weighted by Gasteiger charge is 2.22. The van der Waals surface area contributed by atoms with Gasteiger partial charge in [-0.25, -0.2) is 13.5 Å². The van der Waals surface area contributed by atoms with Crippen LogP contribution in [0.5, 0.6) is 0 Å². The van der Waals surface area contributed by atoms with E-state index in [1.54, 1.807) is 4.68 Å². The average Bonchev–Trinajstić information content (AvgIpc) is 3.19. The maximum atomic E-state index is 13.5. The molecular weight excluding hydrogens is 324 g/mol. The molecule has 2 aromatic rings. The molecule has 0 aliphatic heterocycles. The van der Waals surface area contributed by atoms with Crippen molar-refractivity contribution in [3.63, 3.8) is 0 Å². The maximum Gasteiger partial charge on any atom is 0.234 e. The summed E-state index contributed by atoms with van der Waals surface area (Å²) in [4.78, 5) is 11.9. The molecular formula is C14H15F2N5OS. The van der Waals surface area contributed by atoms with Gasteiger partial charge in [-0.15, -0.1) is 5.10 Å². The van der Waals surface area contributed by atoms with Crippen LogP contribution in [0.3, 0.4) is 0 Å². The molecule has 23 heavy (non-hydrogen) atoms. The summed E-state index contributed by atoms with van der Waals surface area (Å²) >= 11 is 1.18. The molecule has 0 unspecified atom stereocenters. The minimum atomic E-state index is -0.680. The fraction of sp³-hybridized carbons (Fsp3) is 0.429. The second-order valence-corrected chi connectivity index (χ2v) is 6.25. The number of hydrogen-bond donors (Lipinski definition) is 1. The molecule has 1 N–H and O–H groups in total. The molecule has 3 rings (SSSR count). The molecule has 1 aliphatic carbocycles. The second-order valence-electron chi connectivity index (χ2n) is 5.31. The number of rotatable bonds is 5. The van der Waals surface area contributed by atoms with Crippen molar-refractivity contribution in [1.82, 2.24) is 20.2 Å². The van der Waals surface area contributed by atoms with Crippen molar-refractivity contribution >= 4 is 23.4 Å². The van der Waals surface area contributed by atoms with E-state index >= 15 is 0 Å². The zero-order chi connectivity index (χ0) is 16.2. The number of halogens is 2. The number of tetrazole rings is 1. The number of thioether (sulfide) groups is 1. The summed E-state index contributed by atoms with van der Waals surface area (Å²) in [5, 5.41) is 14.5. The molecule has 1 saturated carbocycles. The number of aromatic nitrogens is 4. The van der Waals surface area contributed by atoms with Crippen LogP contribution >= 0.6 is 11.8 Å². The monoisotopic (exact) mass is 339 g/mol. The van der Waals surface area contributed by atoms with Crippen molar-refractivity contribution in [3.05, 3.63) is 29.8 Å². The fourth-order valence-corrected chi connectivity index (χ4v) is 3.31. The molecule has 0 spiro atoms. The molecule has 6 nitrogen and oxygen atoms in total. The summed E-state index contributed by atoms with van der Waals surface area (Å²) in [7, 11) is 0. The number of carbonyl (C=O) groups is 1. The van der Waals surface area contributed by atoms with E-state index in [-0.39, 0.29) is 17.5 Å². The van der Waals surface area contributed by atoms with Gasteiger partial charge in [0, 0.05) is 6.07 Å². The van der Waals surface area contributed by atoms with Crippen LogP contribution in [-0.2, 0) is 4.79 Å². The van der Waals surface area contributed by atoms with E-state index in [0.717, 1.165) is 43.9 Å². The molecule has 1 amide bonds. The van der Waals surface area contributed by atoms with Crippen LogP contribution in [0, 0.1) is 11.6 Å². The molecule has 122 valence electrons. The third-order valence-corrected chi connectivity index (χ3v) is 4.60.